The fraction of sp³-hybridized carbons (Fsp3) is 0.333. The summed E-state index contributed by atoms with van der Waals surface area (Å²) >= 11 is 0. The van der Waals surface area contributed by atoms with Crippen LogP contribution < -0.4 is 5.32 Å². The molecule has 0 bridgehead atoms. The standard InChI is InChI=1S/C15H17N3O/c1-18-10-11(7-17-18)2-5-15(19)12-3-4-13-8-16-9-14(13)6-12/h3-4,6-7,10,16H,2,5,8-9H2,1H3. The molecular formula is C15H17N3O. The number of carbonyl (C=O) groups is 1. The molecule has 0 saturated heterocycles. The quantitative estimate of drug-likeness (QED) is 0.848. The number of Topliss-reactive ketones (excluding diaryl/α,β-unsaturated/α-hetero) is 1. The van der Waals surface area contributed by atoms with Crippen LogP contribution in [0.1, 0.15) is 33.5 Å². The van der Waals surface area contributed by atoms with E-state index in [1.54, 1.807) is 4.68 Å². The van der Waals surface area contributed by atoms with Gasteiger partial charge in [0.2, 0.25) is 0 Å². The van der Waals surface area contributed by atoms with E-state index in [1.165, 1.54) is 11.1 Å². The van der Waals surface area contributed by atoms with E-state index in [0.717, 1.165) is 30.6 Å². The van der Waals surface area contributed by atoms with Crippen molar-refractivity contribution in [2.45, 2.75) is 25.9 Å². The van der Waals surface area contributed by atoms with Crippen LogP contribution in [0.4, 0.5) is 0 Å². The first-order valence-corrected chi connectivity index (χ1v) is 6.55. The topological polar surface area (TPSA) is 46.9 Å². The molecule has 19 heavy (non-hydrogen) atoms. The van der Waals surface area contributed by atoms with Crippen LogP contribution >= 0.6 is 0 Å². The summed E-state index contributed by atoms with van der Waals surface area (Å²) < 4.78 is 1.76. The van der Waals surface area contributed by atoms with Crippen molar-refractivity contribution in [3.05, 3.63) is 52.8 Å². The van der Waals surface area contributed by atoms with Gasteiger partial charge in [0.15, 0.2) is 5.78 Å². The maximum Gasteiger partial charge on any atom is 0.163 e. The summed E-state index contributed by atoms with van der Waals surface area (Å²) in [5, 5.41) is 7.40. The normalized spacial score (nSPS) is 13.5. The molecule has 0 amide bonds. The van der Waals surface area contributed by atoms with Crippen molar-refractivity contribution in [2.75, 3.05) is 0 Å². The van der Waals surface area contributed by atoms with E-state index >= 15 is 0 Å². The lowest BCUT2D eigenvalue weighted by molar-refractivity contribution is 0.0982. The van der Waals surface area contributed by atoms with E-state index in [-0.39, 0.29) is 5.78 Å². The monoisotopic (exact) mass is 255 g/mol. The minimum Gasteiger partial charge on any atom is -0.309 e. The molecule has 2 aromatic rings. The molecule has 4 heteroatoms. The Morgan fingerprint density at radius 1 is 1.37 bits per heavy atom. The Morgan fingerprint density at radius 3 is 3.00 bits per heavy atom. The number of aromatic nitrogens is 2. The van der Waals surface area contributed by atoms with E-state index in [1.807, 2.05) is 31.6 Å². The second-order valence-corrected chi connectivity index (χ2v) is 5.03. The van der Waals surface area contributed by atoms with Crippen LogP contribution in [0.25, 0.3) is 0 Å². The van der Waals surface area contributed by atoms with Gasteiger partial charge in [-0.1, -0.05) is 12.1 Å². The zero-order valence-electron chi connectivity index (χ0n) is 11.0. The number of carbonyl (C=O) groups excluding carboxylic acids is 1. The molecule has 0 atom stereocenters. The van der Waals surface area contributed by atoms with Gasteiger partial charge >= 0.3 is 0 Å². The van der Waals surface area contributed by atoms with Crippen LogP contribution in [0, 0.1) is 0 Å². The van der Waals surface area contributed by atoms with Crippen molar-refractivity contribution in [2.24, 2.45) is 7.05 Å². The SMILES string of the molecule is Cn1cc(CCC(=O)c2ccc3c(c2)CNC3)cn1. The van der Waals surface area contributed by atoms with Gasteiger partial charge in [-0.25, -0.2) is 0 Å². The summed E-state index contributed by atoms with van der Waals surface area (Å²) in [5.74, 6) is 0.207. The molecule has 1 aliphatic heterocycles. The second kappa shape index (κ2) is 4.97. The third-order valence-electron chi connectivity index (χ3n) is 3.56. The zero-order valence-corrected chi connectivity index (χ0v) is 11.0. The van der Waals surface area contributed by atoms with E-state index in [4.69, 9.17) is 0 Å². The molecule has 4 nitrogen and oxygen atoms in total. The molecule has 1 aromatic heterocycles. The van der Waals surface area contributed by atoms with Gasteiger partial charge in [-0.2, -0.15) is 5.10 Å². The van der Waals surface area contributed by atoms with Gasteiger partial charge in [-0.3, -0.25) is 9.48 Å². The summed E-state index contributed by atoms with van der Waals surface area (Å²) in [4.78, 5) is 12.2. The second-order valence-electron chi connectivity index (χ2n) is 5.03. The average molecular weight is 255 g/mol. The first-order chi connectivity index (χ1) is 9.22. The molecule has 0 unspecified atom stereocenters. The van der Waals surface area contributed by atoms with Crippen molar-refractivity contribution < 1.29 is 4.79 Å². The van der Waals surface area contributed by atoms with E-state index in [2.05, 4.69) is 16.5 Å². The highest BCUT2D eigenvalue weighted by atomic mass is 16.1. The van der Waals surface area contributed by atoms with E-state index < -0.39 is 0 Å². The van der Waals surface area contributed by atoms with Crippen LogP contribution in [0.15, 0.2) is 30.6 Å². The van der Waals surface area contributed by atoms with Crippen LogP contribution in [-0.2, 0) is 26.6 Å². The highest BCUT2D eigenvalue weighted by Crippen LogP contribution is 2.18. The predicted octanol–water partition coefficient (Wildman–Crippen LogP) is 1.84. The molecule has 3 rings (SSSR count). The minimum absolute atomic E-state index is 0.207. The Kier molecular flexibility index (Phi) is 3.17. The maximum atomic E-state index is 12.2. The summed E-state index contributed by atoms with van der Waals surface area (Å²) in [6.45, 7) is 1.79. The lowest BCUT2D eigenvalue weighted by Crippen LogP contribution is -2.02. The zero-order chi connectivity index (χ0) is 13.2. The molecule has 1 aliphatic rings. The third kappa shape index (κ3) is 2.58. The summed E-state index contributed by atoms with van der Waals surface area (Å²) in [7, 11) is 1.89. The van der Waals surface area contributed by atoms with Crippen LogP contribution in [0.2, 0.25) is 0 Å². The highest BCUT2D eigenvalue weighted by Gasteiger charge is 2.13. The molecule has 98 valence electrons. The molecule has 0 saturated carbocycles. The molecule has 0 radical (unpaired) electrons. The van der Waals surface area contributed by atoms with Gasteiger partial charge in [0.25, 0.3) is 0 Å². The number of aryl methyl sites for hydroxylation is 2. The van der Waals surface area contributed by atoms with Crippen LogP contribution in [0.3, 0.4) is 0 Å². The molecule has 1 aromatic carbocycles. The number of hydrogen-bond acceptors (Lipinski definition) is 3. The van der Waals surface area contributed by atoms with Gasteiger partial charge in [0, 0.05) is 38.3 Å². The van der Waals surface area contributed by atoms with E-state index in [9.17, 15) is 4.79 Å². The van der Waals surface area contributed by atoms with Gasteiger partial charge in [0.1, 0.15) is 0 Å². The third-order valence-corrected chi connectivity index (χ3v) is 3.56. The number of benzene rings is 1. The summed E-state index contributed by atoms with van der Waals surface area (Å²) in [5.41, 5.74) is 4.50. The van der Waals surface area contributed by atoms with Crippen molar-refractivity contribution in [3.63, 3.8) is 0 Å². The fourth-order valence-electron chi connectivity index (χ4n) is 2.47. The highest BCUT2D eigenvalue weighted by molar-refractivity contribution is 5.96. The van der Waals surface area contributed by atoms with Crippen molar-refractivity contribution >= 4 is 5.78 Å². The van der Waals surface area contributed by atoms with Crippen molar-refractivity contribution in [1.82, 2.24) is 15.1 Å². The summed E-state index contributed by atoms with van der Waals surface area (Å²) in [6.07, 6.45) is 5.07. The number of ketones is 1. The maximum absolute atomic E-state index is 12.2. The van der Waals surface area contributed by atoms with Crippen molar-refractivity contribution in [1.29, 1.82) is 0 Å². The smallest absolute Gasteiger partial charge is 0.163 e. The number of hydrogen-bond donors (Lipinski definition) is 1. The number of rotatable bonds is 4. The summed E-state index contributed by atoms with van der Waals surface area (Å²) in [6, 6.07) is 6.03. The largest absolute Gasteiger partial charge is 0.309 e. The molecule has 0 aliphatic carbocycles. The molecule has 0 spiro atoms. The van der Waals surface area contributed by atoms with Crippen molar-refractivity contribution in [3.8, 4) is 0 Å². The Morgan fingerprint density at radius 2 is 2.21 bits per heavy atom. The molecule has 0 fully saturated rings. The van der Waals surface area contributed by atoms with Crippen LogP contribution in [0.5, 0.6) is 0 Å². The molecular weight excluding hydrogens is 238 g/mol. The average Bonchev–Trinajstić information content (AvgIpc) is 3.03. The Bertz CT molecular complexity index is 616. The molecule has 1 N–H and O–H groups in total. The number of nitrogens with one attached hydrogen (secondary N) is 1. The van der Waals surface area contributed by atoms with E-state index in [0.29, 0.717) is 6.42 Å². The van der Waals surface area contributed by atoms with Crippen LogP contribution in [-0.4, -0.2) is 15.6 Å². The fourth-order valence-corrected chi connectivity index (χ4v) is 2.47. The predicted molar refractivity (Wildman–Crippen MR) is 72.8 cm³/mol. The lowest BCUT2D eigenvalue weighted by Gasteiger charge is -2.03. The molecule has 2 heterocycles. The Hall–Kier alpha value is -1.94. The first-order valence-electron chi connectivity index (χ1n) is 6.55. The Labute approximate surface area is 112 Å². The number of fused-ring (bicyclic) bond motifs is 1. The minimum atomic E-state index is 0.207. The lowest BCUT2D eigenvalue weighted by atomic mass is 10.0. The first kappa shape index (κ1) is 12.1. The number of nitrogens with zero attached hydrogens (tertiary/aromatic N) is 2. The Balaban J connectivity index is 1.67. The van der Waals surface area contributed by atoms with Gasteiger partial charge < -0.3 is 5.32 Å². The van der Waals surface area contributed by atoms with Gasteiger partial charge in [-0.05, 0) is 29.2 Å². The van der Waals surface area contributed by atoms with Gasteiger partial charge in [-0.15, -0.1) is 0 Å². The van der Waals surface area contributed by atoms with Gasteiger partial charge in [0.05, 0.1) is 6.20 Å².